The number of fused-ring (bicyclic) bond motifs is 3. The van der Waals surface area contributed by atoms with Crippen molar-refractivity contribution in [2.24, 2.45) is 0 Å². The molecule has 2 aromatic carbocycles. The lowest BCUT2D eigenvalue weighted by molar-refractivity contribution is -0.130. The van der Waals surface area contributed by atoms with E-state index >= 15 is 0 Å². The third-order valence-electron chi connectivity index (χ3n) is 8.66. The first-order valence-electron chi connectivity index (χ1n) is 14.8. The number of nitrogens with zero attached hydrogens (tertiary/aromatic N) is 5. The Kier molecular flexibility index (Phi) is 8.28. The molecule has 0 saturated carbocycles. The van der Waals surface area contributed by atoms with Crippen molar-refractivity contribution >= 4 is 58.8 Å². The second-order valence-electron chi connectivity index (χ2n) is 12.0. The summed E-state index contributed by atoms with van der Waals surface area (Å²) in [4.78, 5) is 27.8. The Morgan fingerprint density at radius 3 is 2.58 bits per heavy atom. The summed E-state index contributed by atoms with van der Waals surface area (Å²) >= 11 is 6.45. The first kappa shape index (κ1) is 29.7. The maximum atomic E-state index is 12.8. The van der Waals surface area contributed by atoms with Crippen LogP contribution in [0.4, 0.5) is 28.8 Å². The average molecular weight is 624 g/mol. The monoisotopic (exact) mass is 623 g/mol. The molecule has 2 N–H and O–H groups in total. The van der Waals surface area contributed by atoms with E-state index in [-0.39, 0.29) is 5.91 Å². The molecule has 0 radical (unpaired) electrons. The highest BCUT2D eigenvalue weighted by atomic mass is 35.5. The molecule has 2 fully saturated rings. The third-order valence-corrected chi connectivity index (χ3v) is 10.5. The summed E-state index contributed by atoms with van der Waals surface area (Å²) in [7, 11) is -2.52. The van der Waals surface area contributed by atoms with Crippen molar-refractivity contribution < 1.29 is 14.1 Å². The van der Waals surface area contributed by atoms with E-state index in [1.165, 1.54) is 0 Å². The van der Waals surface area contributed by atoms with E-state index in [2.05, 4.69) is 43.4 Å². The van der Waals surface area contributed by atoms with Crippen LogP contribution in [-0.2, 0) is 9.36 Å². The molecule has 3 aliphatic rings. The van der Waals surface area contributed by atoms with Crippen LogP contribution in [0.3, 0.4) is 0 Å². The number of rotatable bonds is 6. The highest BCUT2D eigenvalue weighted by molar-refractivity contribution is 7.70. The summed E-state index contributed by atoms with van der Waals surface area (Å²) < 4.78 is 19.2. The lowest BCUT2D eigenvalue weighted by Crippen LogP contribution is -2.60. The Balaban J connectivity index is 1.15. The van der Waals surface area contributed by atoms with Crippen LogP contribution in [0, 0.1) is 6.92 Å². The molecule has 1 amide bonds. The number of hydrogen-bond donors (Lipinski definition) is 2. The van der Waals surface area contributed by atoms with Gasteiger partial charge < -0.3 is 29.7 Å². The van der Waals surface area contributed by atoms with Gasteiger partial charge in [0.1, 0.15) is 24.5 Å². The molecule has 0 aliphatic carbocycles. The number of benzene rings is 2. The van der Waals surface area contributed by atoms with Gasteiger partial charge in [0.05, 0.1) is 23.6 Å². The first-order valence-corrected chi connectivity index (χ1v) is 17.8. The van der Waals surface area contributed by atoms with Gasteiger partial charge in [0.2, 0.25) is 11.9 Å². The highest BCUT2D eigenvalue weighted by Crippen LogP contribution is 2.42. The average Bonchev–Trinajstić information content (AvgIpc) is 2.98. The standard InChI is InChI=1S/C31H39ClN7O3P/c1-20-15-22(34-31-33-17-25(32)30(36-31)35-26-7-5-6-8-28(26)43(3,4)41)16-27-29(20)39-14-13-38(18-24(39)19-42-27)23-9-11-37(12-10-23)21(2)40/h5-8,15-17,23-24H,9-14,18-19H2,1-4H3,(H2,33,34,35,36)/t24-/m0/s1. The number of aromatic nitrogens is 2. The molecule has 4 heterocycles. The third kappa shape index (κ3) is 6.33. The van der Waals surface area contributed by atoms with E-state index < -0.39 is 7.14 Å². The van der Waals surface area contributed by atoms with Crippen molar-refractivity contribution in [3.63, 3.8) is 0 Å². The van der Waals surface area contributed by atoms with E-state index in [9.17, 15) is 9.36 Å². The zero-order valence-electron chi connectivity index (χ0n) is 25.1. The SMILES string of the molecule is CC(=O)N1CCC(N2CCN3c4c(C)cc(Nc5ncc(Cl)c(Nc6ccccc6P(C)(C)=O)n5)cc4OC[C@@H]3C2)CC1. The van der Waals surface area contributed by atoms with Crippen LogP contribution in [0.25, 0.3) is 0 Å². The molecular formula is C31H39ClN7O3P. The van der Waals surface area contributed by atoms with Crippen LogP contribution in [0.5, 0.6) is 5.75 Å². The van der Waals surface area contributed by atoms with Crippen LogP contribution in [-0.4, -0.2) is 90.4 Å². The predicted octanol–water partition coefficient (Wildman–Crippen LogP) is 5.07. The predicted molar refractivity (Wildman–Crippen MR) is 174 cm³/mol. The fourth-order valence-corrected chi connectivity index (χ4v) is 7.79. The quantitative estimate of drug-likeness (QED) is 0.365. The Bertz CT molecular complexity index is 1570. The Hall–Kier alpha value is -3.33. The van der Waals surface area contributed by atoms with E-state index in [4.69, 9.17) is 16.3 Å². The lowest BCUT2D eigenvalue weighted by Gasteiger charge is -2.49. The maximum absolute atomic E-state index is 12.8. The molecule has 0 bridgehead atoms. The zero-order chi connectivity index (χ0) is 30.3. The van der Waals surface area contributed by atoms with Gasteiger partial charge >= 0.3 is 0 Å². The fraction of sp³-hybridized carbons (Fsp3) is 0.452. The number of hydrogen-bond acceptors (Lipinski definition) is 9. The van der Waals surface area contributed by atoms with Crippen molar-refractivity contribution in [1.29, 1.82) is 0 Å². The van der Waals surface area contributed by atoms with Crippen molar-refractivity contribution in [2.75, 3.05) is 68.2 Å². The second kappa shape index (κ2) is 12.0. The van der Waals surface area contributed by atoms with Crippen LogP contribution in [0.1, 0.15) is 25.3 Å². The zero-order valence-corrected chi connectivity index (χ0v) is 26.8. The number of para-hydroxylation sites is 1. The second-order valence-corrected chi connectivity index (χ2v) is 15.6. The largest absolute Gasteiger partial charge is 0.489 e. The van der Waals surface area contributed by atoms with Crippen molar-refractivity contribution in [3.8, 4) is 5.75 Å². The van der Waals surface area contributed by atoms with Gasteiger partial charge in [-0.2, -0.15) is 4.98 Å². The van der Waals surface area contributed by atoms with Crippen molar-refractivity contribution in [1.82, 2.24) is 19.8 Å². The molecule has 2 saturated heterocycles. The van der Waals surface area contributed by atoms with E-state index in [0.29, 0.717) is 41.2 Å². The summed E-state index contributed by atoms with van der Waals surface area (Å²) in [6.45, 7) is 12.5. The minimum absolute atomic E-state index is 0.177. The van der Waals surface area contributed by atoms with Crippen LogP contribution < -0.4 is 25.6 Å². The molecule has 12 heteroatoms. The van der Waals surface area contributed by atoms with Gasteiger partial charge in [-0.05, 0) is 56.9 Å². The molecule has 10 nitrogen and oxygen atoms in total. The molecule has 0 unspecified atom stereocenters. The van der Waals surface area contributed by atoms with Gasteiger partial charge in [0.15, 0.2) is 5.82 Å². The first-order chi connectivity index (χ1) is 20.6. The molecule has 228 valence electrons. The lowest BCUT2D eigenvalue weighted by atomic mass is 9.99. The van der Waals surface area contributed by atoms with Crippen molar-refractivity contribution in [2.45, 2.75) is 38.8 Å². The molecule has 0 spiro atoms. The number of piperidine rings is 1. The Morgan fingerprint density at radius 1 is 1.07 bits per heavy atom. The fourth-order valence-electron chi connectivity index (χ4n) is 6.50. The van der Waals surface area contributed by atoms with Gasteiger partial charge in [-0.25, -0.2) is 4.98 Å². The Labute approximate surface area is 258 Å². The smallest absolute Gasteiger partial charge is 0.229 e. The normalized spacial score (nSPS) is 19.3. The molecule has 1 atom stereocenters. The number of piperazine rings is 1. The molecule has 3 aromatic rings. The minimum atomic E-state index is -2.52. The van der Waals surface area contributed by atoms with Crippen LogP contribution >= 0.6 is 18.7 Å². The number of carbonyl (C=O) groups is 1. The molecule has 6 rings (SSSR count). The number of ether oxygens (including phenoxy) is 1. The Morgan fingerprint density at radius 2 is 1.84 bits per heavy atom. The number of aryl methyl sites for hydroxylation is 1. The summed E-state index contributed by atoms with van der Waals surface area (Å²) in [6.07, 6.45) is 3.62. The van der Waals surface area contributed by atoms with E-state index in [0.717, 1.165) is 73.6 Å². The van der Waals surface area contributed by atoms with Crippen molar-refractivity contribution in [3.05, 3.63) is 53.2 Å². The minimum Gasteiger partial charge on any atom is -0.489 e. The number of likely N-dealkylation sites (tertiary alicyclic amines) is 1. The topological polar surface area (TPSA) is 103 Å². The van der Waals surface area contributed by atoms with Gasteiger partial charge in [-0.3, -0.25) is 9.69 Å². The molecule has 43 heavy (non-hydrogen) atoms. The number of nitrogens with one attached hydrogen (secondary N) is 2. The van der Waals surface area contributed by atoms with Gasteiger partial charge in [0.25, 0.3) is 0 Å². The maximum Gasteiger partial charge on any atom is 0.229 e. The molecule has 3 aliphatic heterocycles. The summed E-state index contributed by atoms with van der Waals surface area (Å²) in [5.74, 6) is 1.85. The van der Waals surface area contributed by atoms with Crippen LogP contribution in [0.15, 0.2) is 42.6 Å². The summed E-state index contributed by atoms with van der Waals surface area (Å²) in [5, 5.41) is 7.67. The van der Waals surface area contributed by atoms with Gasteiger partial charge in [-0.15, -0.1) is 0 Å². The molecule has 1 aromatic heterocycles. The summed E-state index contributed by atoms with van der Waals surface area (Å²) in [6, 6.07) is 12.4. The van der Waals surface area contributed by atoms with Gasteiger partial charge in [-0.1, -0.05) is 23.7 Å². The number of anilines is 5. The summed E-state index contributed by atoms with van der Waals surface area (Å²) in [5.41, 5.74) is 3.80. The van der Waals surface area contributed by atoms with E-state index in [1.807, 2.05) is 35.2 Å². The number of carbonyl (C=O) groups excluding carboxylic acids is 1. The number of halogens is 1. The molecular weight excluding hydrogens is 585 g/mol. The highest BCUT2D eigenvalue weighted by Gasteiger charge is 2.37. The van der Waals surface area contributed by atoms with E-state index in [1.54, 1.807) is 26.5 Å². The van der Waals surface area contributed by atoms with Gasteiger partial charge in [0, 0.05) is 62.7 Å². The number of amides is 1. The van der Waals surface area contributed by atoms with Crippen LogP contribution in [0.2, 0.25) is 5.02 Å².